The van der Waals surface area contributed by atoms with Crippen LogP contribution in [0, 0.1) is 6.92 Å². The number of rotatable bonds is 6. The fourth-order valence-corrected chi connectivity index (χ4v) is 4.39. The molecule has 0 spiro atoms. The van der Waals surface area contributed by atoms with Crippen LogP contribution in [0.3, 0.4) is 0 Å². The molecule has 0 saturated carbocycles. The zero-order valence-electron chi connectivity index (χ0n) is 16.7. The number of hydrogen-bond donors (Lipinski definition) is 1. The minimum atomic E-state index is -0.0738. The van der Waals surface area contributed by atoms with Crippen molar-refractivity contribution in [2.24, 2.45) is 0 Å². The van der Waals surface area contributed by atoms with Crippen LogP contribution in [0.1, 0.15) is 40.3 Å². The maximum atomic E-state index is 12.7. The maximum Gasteiger partial charge on any atom is 0.317 e. The van der Waals surface area contributed by atoms with Gasteiger partial charge in [0, 0.05) is 43.8 Å². The van der Waals surface area contributed by atoms with E-state index in [1.807, 2.05) is 19.1 Å². The van der Waals surface area contributed by atoms with Crippen LogP contribution in [-0.4, -0.2) is 59.4 Å². The Labute approximate surface area is 180 Å². The SMILES string of the molecule is Cc1csc(CCCCNC(=O)N2CCCN(C(=O)c3ccccc3Cl)CC2)n1. The molecule has 0 aliphatic carbocycles. The lowest BCUT2D eigenvalue weighted by atomic mass is 10.2. The molecule has 2 heterocycles. The lowest BCUT2D eigenvalue weighted by molar-refractivity contribution is 0.0762. The molecule has 1 saturated heterocycles. The fraction of sp³-hybridized carbons (Fsp3) is 0.476. The third-order valence-electron chi connectivity index (χ3n) is 4.93. The predicted molar refractivity (Wildman–Crippen MR) is 117 cm³/mol. The van der Waals surface area contributed by atoms with E-state index >= 15 is 0 Å². The first-order valence-electron chi connectivity index (χ1n) is 10.0. The number of urea groups is 1. The van der Waals surface area contributed by atoms with Crippen LogP contribution < -0.4 is 5.32 Å². The Morgan fingerprint density at radius 1 is 1.14 bits per heavy atom. The summed E-state index contributed by atoms with van der Waals surface area (Å²) in [4.78, 5) is 33.2. The van der Waals surface area contributed by atoms with E-state index < -0.39 is 0 Å². The van der Waals surface area contributed by atoms with Gasteiger partial charge in [0.1, 0.15) is 0 Å². The maximum absolute atomic E-state index is 12.7. The second-order valence-corrected chi connectivity index (χ2v) is 8.53. The number of unbranched alkanes of at least 4 members (excludes halogenated alkanes) is 1. The van der Waals surface area contributed by atoms with Crippen LogP contribution >= 0.6 is 22.9 Å². The topological polar surface area (TPSA) is 65.5 Å². The summed E-state index contributed by atoms with van der Waals surface area (Å²) in [5.74, 6) is -0.0738. The molecule has 6 nitrogen and oxygen atoms in total. The summed E-state index contributed by atoms with van der Waals surface area (Å²) in [5, 5.41) is 6.69. The number of carbonyl (C=O) groups excluding carboxylic acids is 2. The summed E-state index contributed by atoms with van der Waals surface area (Å²) < 4.78 is 0. The van der Waals surface area contributed by atoms with Gasteiger partial charge in [-0.05, 0) is 44.7 Å². The molecule has 0 atom stereocenters. The number of hydrogen-bond acceptors (Lipinski definition) is 4. The second kappa shape index (κ2) is 10.6. The Bertz CT molecular complexity index is 842. The molecule has 156 valence electrons. The summed E-state index contributed by atoms with van der Waals surface area (Å²) >= 11 is 7.85. The normalized spacial score (nSPS) is 14.6. The molecule has 1 aliphatic heterocycles. The minimum absolute atomic E-state index is 0.0536. The molecule has 2 aromatic rings. The van der Waals surface area contributed by atoms with Crippen molar-refractivity contribution in [1.82, 2.24) is 20.1 Å². The lowest BCUT2D eigenvalue weighted by Gasteiger charge is -2.23. The molecule has 0 unspecified atom stereocenters. The number of aryl methyl sites for hydroxylation is 2. The second-order valence-electron chi connectivity index (χ2n) is 7.18. The van der Waals surface area contributed by atoms with E-state index in [0.29, 0.717) is 43.3 Å². The van der Waals surface area contributed by atoms with Crippen molar-refractivity contribution >= 4 is 34.9 Å². The number of carbonyl (C=O) groups is 2. The number of amides is 3. The number of aromatic nitrogens is 1. The van der Waals surface area contributed by atoms with Gasteiger partial charge in [-0.3, -0.25) is 4.79 Å². The largest absolute Gasteiger partial charge is 0.338 e. The molecule has 3 rings (SSSR count). The van der Waals surface area contributed by atoms with Gasteiger partial charge < -0.3 is 15.1 Å². The third kappa shape index (κ3) is 6.18. The summed E-state index contributed by atoms with van der Waals surface area (Å²) in [6.45, 7) is 4.98. The quantitative estimate of drug-likeness (QED) is 0.699. The monoisotopic (exact) mass is 434 g/mol. The Balaban J connectivity index is 1.40. The molecule has 1 N–H and O–H groups in total. The van der Waals surface area contributed by atoms with Gasteiger partial charge in [0.25, 0.3) is 5.91 Å². The standard InChI is InChI=1S/C21H27ClN4O2S/c1-16-15-29-19(24-16)9-4-5-10-23-21(28)26-12-6-11-25(13-14-26)20(27)17-7-2-3-8-18(17)22/h2-3,7-8,15H,4-6,9-14H2,1H3,(H,23,28). The summed E-state index contributed by atoms with van der Waals surface area (Å²) in [6.07, 6.45) is 3.65. The smallest absolute Gasteiger partial charge is 0.317 e. The summed E-state index contributed by atoms with van der Waals surface area (Å²) in [7, 11) is 0. The highest BCUT2D eigenvalue weighted by molar-refractivity contribution is 7.09. The lowest BCUT2D eigenvalue weighted by Crippen LogP contribution is -2.43. The van der Waals surface area contributed by atoms with Gasteiger partial charge in [0.15, 0.2) is 0 Å². The summed E-state index contributed by atoms with van der Waals surface area (Å²) in [6, 6.07) is 7.04. The number of nitrogens with one attached hydrogen (secondary N) is 1. The van der Waals surface area contributed by atoms with Crippen LogP contribution in [0.25, 0.3) is 0 Å². The number of thiazole rings is 1. The van der Waals surface area contributed by atoms with E-state index in [2.05, 4.69) is 15.7 Å². The molecule has 29 heavy (non-hydrogen) atoms. The first-order chi connectivity index (χ1) is 14.0. The van der Waals surface area contributed by atoms with E-state index in [9.17, 15) is 9.59 Å². The van der Waals surface area contributed by atoms with Crippen LogP contribution in [0.2, 0.25) is 5.02 Å². The van der Waals surface area contributed by atoms with E-state index in [-0.39, 0.29) is 11.9 Å². The minimum Gasteiger partial charge on any atom is -0.338 e. The Hall–Kier alpha value is -2.12. The number of nitrogens with zero attached hydrogens (tertiary/aromatic N) is 3. The summed E-state index contributed by atoms with van der Waals surface area (Å²) in [5.41, 5.74) is 1.59. The van der Waals surface area contributed by atoms with Crippen LogP contribution in [0.4, 0.5) is 4.79 Å². The molecule has 0 radical (unpaired) electrons. The Morgan fingerprint density at radius 3 is 2.66 bits per heavy atom. The van der Waals surface area contributed by atoms with Crippen molar-refractivity contribution in [2.45, 2.75) is 32.6 Å². The van der Waals surface area contributed by atoms with Gasteiger partial charge in [-0.1, -0.05) is 23.7 Å². The first-order valence-corrected chi connectivity index (χ1v) is 11.3. The molecule has 1 fully saturated rings. The highest BCUT2D eigenvalue weighted by Gasteiger charge is 2.23. The van der Waals surface area contributed by atoms with Gasteiger partial charge in [0.2, 0.25) is 0 Å². The van der Waals surface area contributed by atoms with Crippen molar-refractivity contribution in [3.63, 3.8) is 0 Å². The average molecular weight is 435 g/mol. The molecule has 3 amide bonds. The molecule has 1 aliphatic rings. The molecule has 8 heteroatoms. The van der Waals surface area contributed by atoms with Crippen LogP contribution in [0.15, 0.2) is 29.6 Å². The van der Waals surface area contributed by atoms with Crippen molar-refractivity contribution < 1.29 is 9.59 Å². The highest BCUT2D eigenvalue weighted by Crippen LogP contribution is 2.18. The Morgan fingerprint density at radius 2 is 1.90 bits per heavy atom. The van der Waals surface area contributed by atoms with E-state index in [1.54, 1.807) is 33.3 Å². The fourth-order valence-electron chi connectivity index (χ4n) is 3.35. The molecular weight excluding hydrogens is 408 g/mol. The zero-order chi connectivity index (χ0) is 20.6. The number of benzene rings is 1. The van der Waals surface area contributed by atoms with Crippen molar-refractivity contribution in [3.8, 4) is 0 Å². The van der Waals surface area contributed by atoms with Crippen molar-refractivity contribution in [1.29, 1.82) is 0 Å². The predicted octanol–water partition coefficient (Wildman–Crippen LogP) is 3.99. The van der Waals surface area contributed by atoms with E-state index in [0.717, 1.165) is 36.4 Å². The van der Waals surface area contributed by atoms with Crippen LogP contribution in [0.5, 0.6) is 0 Å². The third-order valence-corrected chi connectivity index (χ3v) is 6.29. The molecule has 1 aromatic carbocycles. The van der Waals surface area contributed by atoms with Gasteiger partial charge in [-0.25, -0.2) is 9.78 Å². The van der Waals surface area contributed by atoms with Gasteiger partial charge in [-0.2, -0.15) is 0 Å². The molecule has 0 bridgehead atoms. The first kappa shape index (κ1) is 21.6. The zero-order valence-corrected chi connectivity index (χ0v) is 18.3. The average Bonchev–Trinajstić information content (AvgIpc) is 2.98. The number of halogens is 1. The van der Waals surface area contributed by atoms with E-state index in [1.165, 1.54) is 0 Å². The highest BCUT2D eigenvalue weighted by atomic mass is 35.5. The Kier molecular flexibility index (Phi) is 7.89. The van der Waals surface area contributed by atoms with Crippen molar-refractivity contribution in [3.05, 3.63) is 50.9 Å². The van der Waals surface area contributed by atoms with E-state index in [4.69, 9.17) is 11.6 Å². The molecular formula is C21H27ClN4O2S. The van der Waals surface area contributed by atoms with Gasteiger partial charge in [-0.15, -0.1) is 11.3 Å². The van der Waals surface area contributed by atoms with Crippen LogP contribution in [-0.2, 0) is 6.42 Å². The van der Waals surface area contributed by atoms with Gasteiger partial charge >= 0.3 is 6.03 Å². The van der Waals surface area contributed by atoms with Crippen molar-refractivity contribution in [2.75, 3.05) is 32.7 Å². The van der Waals surface area contributed by atoms with Gasteiger partial charge in [0.05, 0.1) is 15.6 Å². The molecule has 1 aromatic heterocycles.